The molecule has 0 unspecified atom stereocenters. The average Bonchev–Trinajstić information content (AvgIpc) is 3.02. The van der Waals surface area contributed by atoms with Gasteiger partial charge in [-0.05, 0) is 12.5 Å². The zero-order chi connectivity index (χ0) is 18.5. The summed E-state index contributed by atoms with van der Waals surface area (Å²) < 4.78 is 1.43. The quantitative estimate of drug-likeness (QED) is 0.535. The van der Waals surface area contributed by atoms with Gasteiger partial charge in [0.1, 0.15) is 0 Å². The number of nitrogens with two attached hydrogens (primary N) is 1. The van der Waals surface area contributed by atoms with Crippen molar-refractivity contribution in [3.05, 3.63) is 65.7 Å². The fourth-order valence-electron chi connectivity index (χ4n) is 2.46. The fourth-order valence-corrected chi connectivity index (χ4v) is 3.25. The molecule has 6 nitrogen and oxygen atoms in total. The van der Waals surface area contributed by atoms with Crippen molar-refractivity contribution in [3.63, 3.8) is 0 Å². The van der Waals surface area contributed by atoms with Crippen LogP contribution in [-0.2, 0) is 11.3 Å². The van der Waals surface area contributed by atoms with Crippen molar-refractivity contribution in [1.29, 1.82) is 0 Å². The first-order valence-electron chi connectivity index (χ1n) is 8.23. The number of nitrogen functional groups attached to an aromatic ring is 1. The number of aromatic nitrogens is 3. The topological polar surface area (TPSA) is 77.0 Å². The maximum Gasteiger partial charge on any atom is 0.233 e. The summed E-state index contributed by atoms with van der Waals surface area (Å²) >= 11 is 1.29. The van der Waals surface area contributed by atoms with Gasteiger partial charge in [0.25, 0.3) is 0 Å². The van der Waals surface area contributed by atoms with Crippen LogP contribution in [-0.4, -0.2) is 38.5 Å². The Balaban J connectivity index is 1.61. The van der Waals surface area contributed by atoms with E-state index < -0.39 is 0 Å². The standard InChI is InChI=1S/C19H21N5OS/c1-14-8-10-16(11-9-14)18-21-22-19(24(18)20)26-13-17(25)23(2)12-15-6-4-3-5-7-15/h3-11H,12-13,20H2,1-2H3. The summed E-state index contributed by atoms with van der Waals surface area (Å²) in [5, 5.41) is 8.77. The molecule has 0 aliphatic rings. The lowest BCUT2D eigenvalue weighted by atomic mass is 10.1. The van der Waals surface area contributed by atoms with E-state index in [0.717, 1.165) is 11.1 Å². The van der Waals surface area contributed by atoms with E-state index in [-0.39, 0.29) is 11.7 Å². The molecule has 2 aromatic carbocycles. The van der Waals surface area contributed by atoms with Crippen molar-refractivity contribution in [2.75, 3.05) is 18.6 Å². The number of thioether (sulfide) groups is 1. The summed E-state index contributed by atoms with van der Waals surface area (Å²) in [5.74, 6) is 6.96. The SMILES string of the molecule is Cc1ccc(-c2nnc(SCC(=O)N(C)Cc3ccccc3)n2N)cc1. The predicted molar refractivity (Wildman–Crippen MR) is 104 cm³/mol. The Morgan fingerprint density at radius 3 is 2.50 bits per heavy atom. The monoisotopic (exact) mass is 367 g/mol. The number of nitrogens with zero attached hydrogens (tertiary/aromatic N) is 4. The highest BCUT2D eigenvalue weighted by Gasteiger charge is 2.15. The second-order valence-electron chi connectivity index (χ2n) is 6.07. The third-order valence-corrected chi connectivity index (χ3v) is 4.92. The van der Waals surface area contributed by atoms with Crippen molar-refractivity contribution >= 4 is 17.7 Å². The van der Waals surface area contributed by atoms with Crippen LogP contribution in [0.5, 0.6) is 0 Å². The Morgan fingerprint density at radius 2 is 1.81 bits per heavy atom. The number of aryl methyl sites for hydroxylation is 1. The summed E-state index contributed by atoms with van der Waals surface area (Å²) in [6.45, 7) is 2.60. The minimum absolute atomic E-state index is 0.0127. The van der Waals surface area contributed by atoms with Gasteiger partial charge in [-0.25, -0.2) is 4.68 Å². The maximum absolute atomic E-state index is 12.4. The lowest BCUT2D eigenvalue weighted by Crippen LogP contribution is -2.28. The average molecular weight is 367 g/mol. The second-order valence-corrected chi connectivity index (χ2v) is 7.01. The molecular formula is C19H21N5OS. The lowest BCUT2D eigenvalue weighted by Gasteiger charge is -2.16. The van der Waals surface area contributed by atoms with E-state index in [1.54, 1.807) is 11.9 Å². The van der Waals surface area contributed by atoms with Crippen LogP contribution in [0, 0.1) is 6.92 Å². The predicted octanol–water partition coefficient (Wildman–Crippen LogP) is 2.72. The van der Waals surface area contributed by atoms with Gasteiger partial charge in [-0.1, -0.05) is 71.9 Å². The van der Waals surface area contributed by atoms with Crippen molar-refractivity contribution in [3.8, 4) is 11.4 Å². The van der Waals surface area contributed by atoms with Crippen LogP contribution in [0.15, 0.2) is 59.8 Å². The van der Waals surface area contributed by atoms with Crippen LogP contribution >= 0.6 is 11.8 Å². The largest absolute Gasteiger partial charge is 0.341 e. The van der Waals surface area contributed by atoms with Crippen molar-refractivity contribution < 1.29 is 4.79 Å². The van der Waals surface area contributed by atoms with Crippen LogP contribution in [0.25, 0.3) is 11.4 Å². The van der Waals surface area contributed by atoms with Gasteiger partial charge in [0.15, 0.2) is 5.82 Å². The molecule has 0 saturated carbocycles. The zero-order valence-electron chi connectivity index (χ0n) is 14.8. The molecule has 1 aromatic heterocycles. The first-order chi connectivity index (χ1) is 12.5. The van der Waals surface area contributed by atoms with Gasteiger partial charge in [0.2, 0.25) is 11.1 Å². The van der Waals surface area contributed by atoms with Crippen molar-refractivity contribution in [1.82, 2.24) is 19.8 Å². The van der Waals surface area contributed by atoms with Crippen LogP contribution in [0.2, 0.25) is 0 Å². The molecule has 2 N–H and O–H groups in total. The molecule has 0 bridgehead atoms. The third kappa shape index (κ3) is 4.23. The van der Waals surface area contributed by atoms with E-state index >= 15 is 0 Å². The summed E-state index contributed by atoms with van der Waals surface area (Å²) in [6.07, 6.45) is 0. The summed E-state index contributed by atoms with van der Waals surface area (Å²) in [4.78, 5) is 14.0. The van der Waals surface area contributed by atoms with E-state index in [9.17, 15) is 4.79 Å². The van der Waals surface area contributed by atoms with E-state index in [1.165, 1.54) is 22.0 Å². The first kappa shape index (κ1) is 18.0. The smallest absolute Gasteiger partial charge is 0.233 e. The molecule has 0 fully saturated rings. The molecule has 26 heavy (non-hydrogen) atoms. The van der Waals surface area contributed by atoms with Crippen LogP contribution in [0.1, 0.15) is 11.1 Å². The second kappa shape index (κ2) is 8.05. The van der Waals surface area contributed by atoms with Gasteiger partial charge in [-0.3, -0.25) is 4.79 Å². The molecule has 3 rings (SSSR count). The van der Waals surface area contributed by atoms with Crippen LogP contribution in [0.4, 0.5) is 0 Å². The molecule has 134 valence electrons. The van der Waals surface area contributed by atoms with Gasteiger partial charge >= 0.3 is 0 Å². The Labute approximate surface area is 157 Å². The zero-order valence-corrected chi connectivity index (χ0v) is 15.6. The van der Waals surface area contributed by atoms with Crippen molar-refractivity contribution in [2.45, 2.75) is 18.6 Å². The van der Waals surface area contributed by atoms with E-state index in [4.69, 9.17) is 5.84 Å². The fraction of sp³-hybridized carbons (Fsp3) is 0.211. The third-order valence-electron chi connectivity index (χ3n) is 3.99. The Bertz CT molecular complexity index is 877. The molecule has 0 aliphatic heterocycles. The molecule has 3 aromatic rings. The number of carbonyl (C=O) groups is 1. The summed E-state index contributed by atoms with van der Waals surface area (Å²) in [6, 6.07) is 17.8. The number of rotatable bonds is 6. The molecule has 1 heterocycles. The molecular weight excluding hydrogens is 346 g/mol. The van der Waals surface area contributed by atoms with E-state index in [1.807, 2.05) is 61.5 Å². The molecule has 0 radical (unpaired) electrons. The molecule has 0 spiro atoms. The van der Waals surface area contributed by atoms with Gasteiger partial charge < -0.3 is 10.7 Å². The highest BCUT2D eigenvalue weighted by Crippen LogP contribution is 2.22. The normalized spacial score (nSPS) is 10.7. The highest BCUT2D eigenvalue weighted by atomic mass is 32.2. The summed E-state index contributed by atoms with van der Waals surface area (Å²) in [7, 11) is 1.79. The molecule has 0 saturated heterocycles. The highest BCUT2D eigenvalue weighted by molar-refractivity contribution is 7.99. The Hall–Kier alpha value is -2.80. The van der Waals surface area contributed by atoms with Crippen LogP contribution in [0.3, 0.4) is 0 Å². The molecule has 1 amide bonds. The van der Waals surface area contributed by atoms with Crippen molar-refractivity contribution in [2.24, 2.45) is 0 Å². The molecule has 7 heteroatoms. The van der Waals surface area contributed by atoms with E-state index in [0.29, 0.717) is 17.5 Å². The van der Waals surface area contributed by atoms with E-state index in [2.05, 4.69) is 10.2 Å². The van der Waals surface area contributed by atoms with Gasteiger partial charge in [0, 0.05) is 19.2 Å². The number of hydrogen-bond donors (Lipinski definition) is 1. The number of benzene rings is 2. The number of carbonyl (C=O) groups excluding carboxylic acids is 1. The van der Waals surface area contributed by atoms with Crippen LogP contribution < -0.4 is 5.84 Å². The van der Waals surface area contributed by atoms with Gasteiger partial charge in [0.05, 0.1) is 5.75 Å². The van der Waals surface area contributed by atoms with Gasteiger partial charge in [-0.2, -0.15) is 0 Å². The molecule has 0 atom stereocenters. The molecule has 0 aliphatic carbocycles. The summed E-state index contributed by atoms with van der Waals surface area (Å²) in [5.41, 5.74) is 3.15. The lowest BCUT2D eigenvalue weighted by molar-refractivity contribution is -0.127. The minimum atomic E-state index is 0.0127. The maximum atomic E-state index is 12.4. The Kier molecular flexibility index (Phi) is 5.58. The van der Waals surface area contributed by atoms with Gasteiger partial charge in [-0.15, -0.1) is 10.2 Å². The Morgan fingerprint density at radius 1 is 1.12 bits per heavy atom. The minimum Gasteiger partial charge on any atom is -0.341 e. The first-order valence-corrected chi connectivity index (χ1v) is 9.21. The number of amides is 1. The number of hydrogen-bond acceptors (Lipinski definition) is 5.